The highest BCUT2D eigenvalue weighted by molar-refractivity contribution is 5.83. The molecule has 6 nitrogen and oxygen atoms in total. The molecule has 1 aromatic carbocycles. The van der Waals surface area contributed by atoms with E-state index in [0.29, 0.717) is 32.4 Å². The fourth-order valence-electron chi connectivity index (χ4n) is 2.51. The van der Waals surface area contributed by atoms with E-state index in [2.05, 4.69) is 0 Å². The maximum absolute atomic E-state index is 12.3. The van der Waals surface area contributed by atoms with Crippen LogP contribution in [0.25, 0.3) is 0 Å². The summed E-state index contributed by atoms with van der Waals surface area (Å²) in [6, 6.07) is 8.90. The van der Waals surface area contributed by atoms with Crippen molar-refractivity contribution in [2.45, 2.75) is 38.1 Å². The second-order valence-corrected chi connectivity index (χ2v) is 5.50. The molecular formula is C17H27N3O3. The Morgan fingerprint density at radius 2 is 1.78 bits per heavy atom. The molecule has 0 bridgehead atoms. The lowest BCUT2D eigenvalue weighted by atomic mass is 10.1. The highest BCUT2D eigenvalue weighted by atomic mass is 16.4. The molecule has 6 heteroatoms. The summed E-state index contributed by atoms with van der Waals surface area (Å²) in [4.78, 5) is 25.4. The van der Waals surface area contributed by atoms with Crippen LogP contribution in [0.1, 0.15) is 31.2 Å². The molecule has 0 saturated heterocycles. The molecule has 0 fully saturated rings. The minimum absolute atomic E-state index is 0.162. The van der Waals surface area contributed by atoms with E-state index in [0.717, 1.165) is 12.0 Å². The van der Waals surface area contributed by atoms with Gasteiger partial charge in [0.15, 0.2) is 0 Å². The van der Waals surface area contributed by atoms with E-state index >= 15 is 0 Å². The minimum atomic E-state index is -0.972. The van der Waals surface area contributed by atoms with Gasteiger partial charge in [0, 0.05) is 19.5 Å². The number of carboxylic acid groups (broad SMARTS) is 1. The zero-order valence-electron chi connectivity index (χ0n) is 13.5. The summed E-state index contributed by atoms with van der Waals surface area (Å²) in [5.41, 5.74) is 12.0. The molecule has 23 heavy (non-hydrogen) atoms. The summed E-state index contributed by atoms with van der Waals surface area (Å²) in [6.07, 6.45) is 2.64. The summed E-state index contributed by atoms with van der Waals surface area (Å²) < 4.78 is 0. The average molecular weight is 321 g/mol. The van der Waals surface area contributed by atoms with Crippen LogP contribution in [0.2, 0.25) is 0 Å². The second-order valence-electron chi connectivity index (χ2n) is 5.50. The number of carboxylic acids is 1. The van der Waals surface area contributed by atoms with Crippen LogP contribution in [-0.4, -0.2) is 47.6 Å². The first kappa shape index (κ1) is 19.1. The molecule has 0 unspecified atom stereocenters. The van der Waals surface area contributed by atoms with Gasteiger partial charge in [0.25, 0.3) is 0 Å². The van der Waals surface area contributed by atoms with Crippen LogP contribution in [0, 0.1) is 0 Å². The Kier molecular flexibility index (Phi) is 8.94. The lowest BCUT2D eigenvalue weighted by Crippen LogP contribution is -2.46. The van der Waals surface area contributed by atoms with Crippen molar-refractivity contribution in [2.24, 2.45) is 11.5 Å². The number of carbonyl (C=O) groups excluding carboxylic acids is 1. The van der Waals surface area contributed by atoms with Crippen LogP contribution in [-0.2, 0) is 16.0 Å². The molecule has 1 aromatic rings. The molecule has 0 aliphatic heterocycles. The third-order valence-electron chi connectivity index (χ3n) is 3.76. The van der Waals surface area contributed by atoms with Crippen molar-refractivity contribution in [2.75, 3.05) is 19.6 Å². The van der Waals surface area contributed by atoms with Gasteiger partial charge in [-0.15, -0.1) is 0 Å². The molecule has 5 N–H and O–H groups in total. The van der Waals surface area contributed by atoms with Gasteiger partial charge in [0.2, 0.25) is 5.91 Å². The molecular weight excluding hydrogens is 294 g/mol. The van der Waals surface area contributed by atoms with E-state index < -0.39 is 12.0 Å². The van der Waals surface area contributed by atoms with Gasteiger partial charge in [-0.2, -0.15) is 0 Å². The average Bonchev–Trinajstić information content (AvgIpc) is 2.54. The van der Waals surface area contributed by atoms with Crippen molar-refractivity contribution in [1.29, 1.82) is 0 Å². The number of nitrogens with two attached hydrogens (primary N) is 2. The van der Waals surface area contributed by atoms with E-state index in [4.69, 9.17) is 11.5 Å². The predicted molar refractivity (Wildman–Crippen MR) is 89.9 cm³/mol. The van der Waals surface area contributed by atoms with Gasteiger partial charge < -0.3 is 21.5 Å². The molecule has 0 heterocycles. The SMILES string of the molecule is NCCCC[C@@H](C(=O)O)N(CCc1ccccc1)C(=O)CCN. The Labute approximate surface area is 137 Å². The molecule has 0 aliphatic carbocycles. The number of rotatable bonds is 11. The van der Waals surface area contributed by atoms with Crippen molar-refractivity contribution in [1.82, 2.24) is 4.90 Å². The van der Waals surface area contributed by atoms with Crippen molar-refractivity contribution >= 4 is 11.9 Å². The maximum atomic E-state index is 12.3. The van der Waals surface area contributed by atoms with E-state index in [9.17, 15) is 14.7 Å². The number of hydrogen-bond acceptors (Lipinski definition) is 4. The number of nitrogens with zero attached hydrogens (tertiary/aromatic N) is 1. The monoisotopic (exact) mass is 321 g/mol. The molecule has 0 spiro atoms. The van der Waals surface area contributed by atoms with Crippen LogP contribution in [0.15, 0.2) is 30.3 Å². The summed E-state index contributed by atoms with van der Waals surface area (Å²) in [7, 11) is 0. The maximum Gasteiger partial charge on any atom is 0.326 e. The van der Waals surface area contributed by atoms with E-state index in [1.807, 2.05) is 30.3 Å². The van der Waals surface area contributed by atoms with Crippen molar-refractivity contribution in [3.63, 3.8) is 0 Å². The largest absolute Gasteiger partial charge is 0.480 e. The van der Waals surface area contributed by atoms with Gasteiger partial charge >= 0.3 is 5.97 Å². The molecule has 1 atom stereocenters. The van der Waals surface area contributed by atoms with Gasteiger partial charge in [-0.25, -0.2) is 4.79 Å². The second kappa shape index (κ2) is 10.7. The van der Waals surface area contributed by atoms with Crippen molar-refractivity contribution < 1.29 is 14.7 Å². The summed E-state index contributed by atoms with van der Waals surface area (Å²) in [5, 5.41) is 9.50. The van der Waals surface area contributed by atoms with Gasteiger partial charge in [0.05, 0.1) is 0 Å². The highest BCUT2D eigenvalue weighted by Crippen LogP contribution is 2.13. The van der Waals surface area contributed by atoms with Gasteiger partial charge in [-0.3, -0.25) is 4.79 Å². The predicted octanol–water partition coefficient (Wildman–Crippen LogP) is 0.989. The Hall–Kier alpha value is -1.92. The van der Waals surface area contributed by atoms with E-state index in [1.165, 1.54) is 4.90 Å². The minimum Gasteiger partial charge on any atom is -0.480 e. The van der Waals surface area contributed by atoms with E-state index in [-0.39, 0.29) is 18.9 Å². The lowest BCUT2D eigenvalue weighted by molar-refractivity contribution is -0.150. The number of amides is 1. The van der Waals surface area contributed by atoms with Gasteiger partial charge in [-0.05, 0) is 37.8 Å². The van der Waals surface area contributed by atoms with Crippen LogP contribution in [0.5, 0.6) is 0 Å². The summed E-state index contributed by atoms with van der Waals surface area (Å²) in [6.45, 7) is 1.12. The first-order chi connectivity index (χ1) is 11.1. The van der Waals surface area contributed by atoms with Crippen molar-refractivity contribution in [3.05, 3.63) is 35.9 Å². The van der Waals surface area contributed by atoms with Crippen LogP contribution in [0.4, 0.5) is 0 Å². The van der Waals surface area contributed by atoms with Crippen molar-refractivity contribution in [3.8, 4) is 0 Å². The molecule has 1 rings (SSSR count). The Morgan fingerprint density at radius 3 is 2.35 bits per heavy atom. The fraction of sp³-hybridized carbons (Fsp3) is 0.529. The number of aliphatic carboxylic acids is 1. The number of benzene rings is 1. The highest BCUT2D eigenvalue weighted by Gasteiger charge is 2.28. The summed E-state index contributed by atoms with van der Waals surface area (Å²) >= 11 is 0. The first-order valence-corrected chi connectivity index (χ1v) is 8.06. The molecule has 0 aromatic heterocycles. The fourth-order valence-corrected chi connectivity index (χ4v) is 2.51. The smallest absolute Gasteiger partial charge is 0.326 e. The normalized spacial score (nSPS) is 11.9. The number of unbranched alkanes of at least 4 members (excludes halogenated alkanes) is 1. The Bertz CT molecular complexity index is 479. The first-order valence-electron chi connectivity index (χ1n) is 8.06. The Balaban J connectivity index is 2.79. The molecule has 0 aliphatic rings. The third-order valence-corrected chi connectivity index (χ3v) is 3.76. The Morgan fingerprint density at radius 1 is 1.09 bits per heavy atom. The summed E-state index contributed by atoms with van der Waals surface area (Å²) in [5.74, 6) is -1.18. The number of hydrogen-bond donors (Lipinski definition) is 3. The van der Waals surface area contributed by atoms with E-state index in [1.54, 1.807) is 0 Å². The molecule has 0 radical (unpaired) electrons. The van der Waals surface area contributed by atoms with Gasteiger partial charge in [-0.1, -0.05) is 30.3 Å². The molecule has 0 saturated carbocycles. The third kappa shape index (κ3) is 6.80. The van der Waals surface area contributed by atoms with Crippen LogP contribution >= 0.6 is 0 Å². The van der Waals surface area contributed by atoms with Gasteiger partial charge in [0.1, 0.15) is 6.04 Å². The molecule has 1 amide bonds. The molecule has 128 valence electrons. The zero-order chi connectivity index (χ0) is 17.1. The standard InChI is InChI=1S/C17H27N3O3/c18-11-5-4-8-15(17(22)23)20(16(21)9-12-19)13-10-14-6-2-1-3-7-14/h1-3,6-7,15H,4-5,8-13,18-19H2,(H,22,23)/t15-/m0/s1. The zero-order valence-corrected chi connectivity index (χ0v) is 13.5. The lowest BCUT2D eigenvalue weighted by Gasteiger charge is -2.29. The topological polar surface area (TPSA) is 110 Å². The van der Waals surface area contributed by atoms with Crippen LogP contribution < -0.4 is 11.5 Å². The number of carbonyl (C=O) groups is 2. The quantitative estimate of drug-likeness (QED) is 0.527. The van der Waals surface area contributed by atoms with Crippen LogP contribution in [0.3, 0.4) is 0 Å².